The summed E-state index contributed by atoms with van der Waals surface area (Å²) in [6.45, 7) is 0. The van der Waals surface area contributed by atoms with Crippen LogP contribution in [0.3, 0.4) is 0 Å². The van der Waals surface area contributed by atoms with Crippen LogP contribution in [0, 0.1) is 0 Å². The first-order valence-corrected chi connectivity index (χ1v) is 7.17. The van der Waals surface area contributed by atoms with Crippen LogP contribution < -0.4 is 17.2 Å². The van der Waals surface area contributed by atoms with Gasteiger partial charge in [-0.05, 0) is 51.4 Å². The molecule has 5 heteroatoms. The SMILES string of the molecule is NC(=O)N(C1CCC(N)CC1)C1CCC(N)CC1. The van der Waals surface area contributed by atoms with E-state index in [9.17, 15) is 4.79 Å². The minimum atomic E-state index is -0.268. The monoisotopic (exact) mass is 254 g/mol. The van der Waals surface area contributed by atoms with E-state index in [1.165, 1.54) is 0 Å². The summed E-state index contributed by atoms with van der Waals surface area (Å²) in [6.07, 6.45) is 7.97. The van der Waals surface area contributed by atoms with Crippen LogP contribution in [0.1, 0.15) is 51.4 Å². The molecule has 0 aromatic carbocycles. The Morgan fingerprint density at radius 2 is 1.11 bits per heavy atom. The van der Waals surface area contributed by atoms with E-state index >= 15 is 0 Å². The minimum Gasteiger partial charge on any atom is -0.351 e. The van der Waals surface area contributed by atoms with Crippen LogP contribution in [0.4, 0.5) is 4.79 Å². The van der Waals surface area contributed by atoms with Crippen LogP contribution in [0.25, 0.3) is 0 Å². The zero-order chi connectivity index (χ0) is 13.1. The number of amides is 2. The van der Waals surface area contributed by atoms with Crippen molar-refractivity contribution in [3.05, 3.63) is 0 Å². The molecule has 0 saturated heterocycles. The summed E-state index contributed by atoms with van der Waals surface area (Å²) in [4.78, 5) is 13.7. The van der Waals surface area contributed by atoms with Gasteiger partial charge in [0, 0.05) is 24.2 Å². The molecule has 2 amide bonds. The van der Waals surface area contributed by atoms with E-state index in [0.717, 1.165) is 51.4 Å². The van der Waals surface area contributed by atoms with Gasteiger partial charge in [0.2, 0.25) is 0 Å². The van der Waals surface area contributed by atoms with Gasteiger partial charge in [0.1, 0.15) is 0 Å². The maximum absolute atomic E-state index is 11.7. The Bertz CT molecular complexity index is 259. The number of rotatable bonds is 2. The van der Waals surface area contributed by atoms with Gasteiger partial charge >= 0.3 is 6.03 Å². The standard InChI is InChI=1S/C13H26N4O/c14-9-1-5-11(6-2-9)17(13(16)18)12-7-3-10(15)4-8-12/h9-12H,1-8,14-15H2,(H2,16,18). The first-order valence-electron chi connectivity index (χ1n) is 7.17. The molecule has 2 aliphatic carbocycles. The van der Waals surface area contributed by atoms with Crippen LogP contribution >= 0.6 is 0 Å². The van der Waals surface area contributed by atoms with Crippen LogP contribution in [0.5, 0.6) is 0 Å². The van der Waals surface area contributed by atoms with E-state index in [1.807, 2.05) is 4.90 Å². The summed E-state index contributed by atoms with van der Waals surface area (Å²) < 4.78 is 0. The predicted octanol–water partition coefficient (Wildman–Crippen LogP) is 0.907. The van der Waals surface area contributed by atoms with E-state index in [0.29, 0.717) is 24.2 Å². The van der Waals surface area contributed by atoms with Gasteiger partial charge in [-0.2, -0.15) is 0 Å². The summed E-state index contributed by atoms with van der Waals surface area (Å²) >= 11 is 0. The van der Waals surface area contributed by atoms with Crippen LogP contribution in [-0.2, 0) is 0 Å². The summed E-state index contributed by atoms with van der Waals surface area (Å²) in [5, 5.41) is 0. The number of nitrogens with zero attached hydrogens (tertiary/aromatic N) is 1. The molecule has 5 nitrogen and oxygen atoms in total. The molecule has 0 unspecified atom stereocenters. The molecule has 0 aliphatic heterocycles. The van der Waals surface area contributed by atoms with Crippen molar-refractivity contribution in [3.8, 4) is 0 Å². The number of hydrogen-bond donors (Lipinski definition) is 3. The highest BCUT2D eigenvalue weighted by Gasteiger charge is 2.33. The first-order chi connectivity index (χ1) is 8.58. The maximum Gasteiger partial charge on any atom is 0.315 e. The van der Waals surface area contributed by atoms with Crippen molar-refractivity contribution in [1.82, 2.24) is 4.90 Å². The Hall–Kier alpha value is -0.810. The summed E-state index contributed by atoms with van der Waals surface area (Å²) in [5.74, 6) is 0. The van der Waals surface area contributed by atoms with Gasteiger partial charge in [0.15, 0.2) is 0 Å². The van der Waals surface area contributed by atoms with Crippen molar-refractivity contribution in [1.29, 1.82) is 0 Å². The smallest absolute Gasteiger partial charge is 0.315 e. The molecule has 2 fully saturated rings. The molecule has 104 valence electrons. The first kappa shape index (κ1) is 13.6. The predicted molar refractivity (Wildman–Crippen MR) is 71.9 cm³/mol. The molecule has 2 aliphatic rings. The van der Waals surface area contributed by atoms with Crippen LogP contribution in [0.15, 0.2) is 0 Å². The van der Waals surface area contributed by atoms with Gasteiger partial charge in [0.05, 0.1) is 0 Å². The molecular formula is C13H26N4O. The normalized spacial score (nSPS) is 37.2. The Morgan fingerprint density at radius 3 is 1.39 bits per heavy atom. The number of hydrogen-bond acceptors (Lipinski definition) is 3. The molecule has 0 atom stereocenters. The lowest BCUT2D eigenvalue weighted by Gasteiger charge is -2.42. The Kier molecular flexibility index (Phi) is 4.45. The van der Waals surface area contributed by atoms with E-state index in [1.54, 1.807) is 0 Å². The third-order valence-corrected chi connectivity index (χ3v) is 4.52. The Labute approximate surface area is 109 Å². The second-order valence-electron chi connectivity index (χ2n) is 5.88. The molecule has 2 rings (SSSR count). The van der Waals surface area contributed by atoms with Crippen molar-refractivity contribution in [3.63, 3.8) is 0 Å². The van der Waals surface area contributed by atoms with Crippen molar-refractivity contribution >= 4 is 6.03 Å². The highest BCUT2D eigenvalue weighted by atomic mass is 16.2. The van der Waals surface area contributed by atoms with Crippen LogP contribution in [0.2, 0.25) is 0 Å². The molecule has 0 bridgehead atoms. The summed E-state index contributed by atoms with van der Waals surface area (Å²) in [7, 11) is 0. The Balaban J connectivity index is 1.97. The van der Waals surface area contributed by atoms with Crippen molar-refractivity contribution in [2.75, 3.05) is 0 Å². The summed E-state index contributed by atoms with van der Waals surface area (Å²) in [5.41, 5.74) is 17.4. The van der Waals surface area contributed by atoms with Gasteiger partial charge in [-0.25, -0.2) is 4.79 Å². The molecule has 0 spiro atoms. The molecule has 2 saturated carbocycles. The van der Waals surface area contributed by atoms with Gasteiger partial charge in [0.25, 0.3) is 0 Å². The van der Waals surface area contributed by atoms with E-state index in [2.05, 4.69) is 0 Å². The lowest BCUT2D eigenvalue weighted by Crippen LogP contribution is -2.53. The third kappa shape index (κ3) is 3.14. The lowest BCUT2D eigenvalue weighted by molar-refractivity contribution is 0.105. The topological polar surface area (TPSA) is 98.4 Å². The van der Waals surface area contributed by atoms with Gasteiger partial charge in [-0.3, -0.25) is 0 Å². The van der Waals surface area contributed by atoms with Crippen molar-refractivity contribution < 1.29 is 4.79 Å². The highest BCUT2D eigenvalue weighted by molar-refractivity contribution is 5.72. The number of nitrogens with two attached hydrogens (primary N) is 3. The fraction of sp³-hybridized carbons (Fsp3) is 0.923. The number of carbonyl (C=O) groups excluding carboxylic acids is 1. The molecule has 0 radical (unpaired) electrons. The quantitative estimate of drug-likeness (QED) is 0.683. The zero-order valence-corrected chi connectivity index (χ0v) is 11.1. The van der Waals surface area contributed by atoms with Gasteiger partial charge in [-0.15, -0.1) is 0 Å². The van der Waals surface area contributed by atoms with Gasteiger partial charge < -0.3 is 22.1 Å². The number of carbonyl (C=O) groups is 1. The third-order valence-electron chi connectivity index (χ3n) is 4.52. The van der Waals surface area contributed by atoms with E-state index < -0.39 is 0 Å². The molecule has 0 heterocycles. The van der Waals surface area contributed by atoms with Crippen molar-refractivity contribution in [2.24, 2.45) is 17.2 Å². The average molecular weight is 254 g/mol. The molecular weight excluding hydrogens is 228 g/mol. The largest absolute Gasteiger partial charge is 0.351 e. The van der Waals surface area contributed by atoms with Gasteiger partial charge in [-0.1, -0.05) is 0 Å². The zero-order valence-electron chi connectivity index (χ0n) is 11.1. The molecule has 0 aromatic rings. The number of urea groups is 1. The molecule has 0 aromatic heterocycles. The Morgan fingerprint density at radius 1 is 0.778 bits per heavy atom. The highest BCUT2D eigenvalue weighted by Crippen LogP contribution is 2.29. The number of primary amides is 1. The van der Waals surface area contributed by atoms with E-state index in [-0.39, 0.29) is 6.03 Å². The minimum absolute atomic E-state index is 0.268. The van der Waals surface area contributed by atoms with E-state index in [4.69, 9.17) is 17.2 Å². The average Bonchev–Trinajstić information content (AvgIpc) is 2.34. The second kappa shape index (κ2) is 5.89. The van der Waals surface area contributed by atoms with Crippen molar-refractivity contribution in [2.45, 2.75) is 75.5 Å². The molecule has 18 heavy (non-hydrogen) atoms. The maximum atomic E-state index is 11.7. The fourth-order valence-electron chi connectivity index (χ4n) is 3.42. The lowest BCUT2D eigenvalue weighted by atomic mass is 9.86. The summed E-state index contributed by atoms with van der Waals surface area (Å²) in [6, 6.07) is 0.922. The van der Waals surface area contributed by atoms with Crippen LogP contribution in [-0.4, -0.2) is 35.1 Å². The molecule has 6 N–H and O–H groups in total. The fourth-order valence-corrected chi connectivity index (χ4v) is 3.42. The second-order valence-corrected chi connectivity index (χ2v) is 5.88.